The molecule has 0 bridgehead atoms. The molecule has 0 saturated heterocycles. The summed E-state index contributed by atoms with van der Waals surface area (Å²) in [7, 11) is 0. The molecular formula is C19H27F3N2O4. The zero-order chi connectivity index (χ0) is 20.8. The van der Waals surface area contributed by atoms with Crippen molar-refractivity contribution in [3.8, 4) is 0 Å². The smallest absolute Gasteiger partial charge is 0.416 e. The fourth-order valence-electron chi connectivity index (χ4n) is 2.32. The van der Waals surface area contributed by atoms with Gasteiger partial charge in [0.25, 0.3) is 0 Å². The number of benzene rings is 1. The molecule has 6 nitrogen and oxygen atoms in total. The Kier molecular flexibility index (Phi) is 10.8. The molecule has 0 unspecified atom stereocenters. The van der Waals surface area contributed by atoms with Crippen LogP contribution in [-0.2, 0) is 15.7 Å². The first-order valence-electron chi connectivity index (χ1n) is 9.34. The molecule has 0 aliphatic rings. The fourth-order valence-corrected chi connectivity index (χ4v) is 2.32. The lowest BCUT2D eigenvalue weighted by Gasteiger charge is -2.11. The van der Waals surface area contributed by atoms with E-state index in [1.807, 2.05) is 0 Å². The SMILES string of the molecule is CCCCCCCCOC(=O)NCCOC(=O)Nc1cccc(C(F)(F)F)c1. The topological polar surface area (TPSA) is 76.7 Å². The first-order valence-corrected chi connectivity index (χ1v) is 9.34. The normalized spacial score (nSPS) is 11.0. The molecule has 1 aromatic carbocycles. The van der Waals surface area contributed by atoms with Crippen molar-refractivity contribution >= 4 is 17.9 Å². The van der Waals surface area contributed by atoms with Crippen LogP contribution in [0.3, 0.4) is 0 Å². The van der Waals surface area contributed by atoms with Crippen LogP contribution in [0.25, 0.3) is 0 Å². The minimum absolute atomic E-state index is 0.0331. The molecule has 1 rings (SSSR count). The second-order valence-electron chi connectivity index (χ2n) is 6.17. The lowest BCUT2D eigenvalue weighted by molar-refractivity contribution is -0.137. The van der Waals surface area contributed by atoms with Crippen LogP contribution in [0.1, 0.15) is 51.0 Å². The molecule has 0 spiro atoms. The third-order valence-electron chi connectivity index (χ3n) is 3.77. The molecule has 2 N–H and O–H groups in total. The second kappa shape index (κ2) is 12.9. The lowest BCUT2D eigenvalue weighted by atomic mass is 10.1. The Hall–Kier alpha value is -2.45. The summed E-state index contributed by atoms with van der Waals surface area (Å²) in [6.07, 6.45) is 0.482. The summed E-state index contributed by atoms with van der Waals surface area (Å²) in [5.74, 6) is 0. The molecule has 158 valence electrons. The molecule has 0 aromatic heterocycles. The molecule has 28 heavy (non-hydrogen) atoms. The van der Waals surface area contributed by atoms with Crippen LogP contribution in [0.5, 0.6) is 0 Å². The van der Waals surface area contributed by atoms with E-state index in [1.165, 1.54) is 31.4 Å². The van der Waals surface area contributed by atoms with Crippen molar-refractivity contribution in [3.63, 3.8) is 0 Å². The maximum absolute atomic E-state index is 12.6. The highest BCUT2D eigenvalue weighted by atomic mass is 19.4. The maximum Gasteiger partial charge on any atom is 0.416 e. The van der Waals surface area contributed by atoms with Crippen LogP contribution in [0.15, 0.2) is 24.3 Å². The molecule has 0 fully saturated rings. The Morgan fingerprint density at radius 1 is 0.964 bits per heavy atom. The Bertz CT molecular complexity index is 609. The first-order chi connectivity index (χ1) is 13.3. The van der Waals surface area contributed by atoms with E-state index in [0.29, 0.717) is 6.61 Å². The van der Waals surface area contributed by atoms with E-state index in [1.54, 1.807) is 0 Å². The predicted molar refractivity (Wildman–Crippen MR) is 99.1 cm³/mol. The molecule has 0 heterocycles. The molecule has 0 saturated carbocycles. The Balaban J connectivity index is 2.12. The Morgan fingerprint density at radius 2 is 1.64 bits per heavy atom. The van der Waals surface area contributed by atoms with Gasteiger partial charge >= 0.3 is 18.4 Å². The summed E-state index contributed by atoms with van der Waals surface area (Å²) >= 11 is 0. The molecule has 1 aromatic rings. The molecule has 0 aliphatic heterocycles. The number of hydrogen-bond acceptors (Lipinski definition) is 4. The number of amides is 2. The highest BCUT2D eigenvalue weighted by Gasteiger charge is 2.30. The van der Waals surface area contributed by atoms with Gasteiger partial charge in [-0.05, 0) is 24.6 Å². The molecule has 2 amide bonds. The zero-order valence-electron chi connectivity index (χ0n) is 15.9. The number of carbonyl (C=O) groups is 2. The highest BCUT2D eigenvalue weighted by Crippen LogP contribution is 2.30. The zero-order valence-corrected chi connectivity index (χ0v) is 15.9. The summed E-state index contributed by atoms with van der Waals surface area (Å²) in [6.45, 7) is 2.36. The number of rotatable bonds is 11. The van der Waals surface area contributed by atoms with E-state index in [9.17, 15) is 22.8 Å². The van der Waals surface area contributed by atoms with Crippen LogP contribution in [-0.4, -0.2) is 31.9 Å². The average Bonchev–Trinajstić information content (AvgIpc) is 2.64. The van der Waals surface area contributed by atoms with Gasteiger partial charge in [0.15, 0.2) is 0 Å². The van der Waals surface area contributed by atoms with Crippen molar-refractivity contribution in [3.05, 3.63) is 29.8 Å². The third-order valence-corrected chi connectivity index (χ3v) is 3.77. The van der Waals surface area contributed by atoms with Gasteiger partial charge in [-0.1, -0.05) is 45.1 Å². The number of alkyl carbamates (subject to hydrolysis) is 1. The number of ether oxygens (including phenoxy) is 2. The van der Waals surface area contributed by atoms with Crippen LogP contribution < -0.4 is 10.6 Å². The van der Waals surface area contributed by atoms with Crippen molar-refractivity contribution in [2.75, 3.05) is 25.1 Å². The lowest BCUT2D eigenvalue weighted by Crippen LogP contribution is -2.29. The number of unbranched alkanes of at least 4 members (excludes halogenated alkanes) is 5. The highest BCUT2D eigenvalue weighted by molar-refractivity contribution is 5.84. The monoisotopic (exact) mass is 404 g/mol. The fraction of sp³-hybridized carbons (Fsp3) is 0.579. The Labute approximate surface area is 162 Å². The maximum atomic E-state index is 12.6. The van der Waals surface area contributed by atoms with E-state index in [-0.39, 0.29) is 18.8 Å². The molecule has 0 aliphatic carbocycles. The number of nitrogens with one attached hydrogen (secondary N) is 2. The second-order valence-corrected chi connectivity index (χ2v) is 6.17. The standard InChI is InChI=1S/C19H27F3N2O4/c1-2-3-4-5-6-7-12-27-17(25)23-11-13-28-18(26)24-16-10-8-9-15(14-16)19(20,21)22/h8-10,14H,2-7,11-13H2,1H3,(H,23,25)(H,24,26). The number of hydrogen-bond donors (Lipinski definition) is 2. The van der Waals surface area contributed by atoms with Crippen molar-refractivity contribution in [2.45, 2.75) is 51.6 Å². The van der Waals surface area contributed by atoms with Crippen molar-refractivity contribution in [2.24, 2.45) is 0 Å². The largest absolute Gasteiger partial charge is 0.450 e. The molecule has 0 radical (unpaired) electrons. The van der Waals surface area contributed by atoms with Crippen molar-refractivity contribution < 1.29 is 32.2 Å². The average molecular weight is 404 g/mol. The third kappa shape index (κ3) is 10.6. The summed E-state index contributed by atoms with van der Waals surface area (Å²) in [4.78, 5) is 23.0. The van der Waals surface area contributed by atoms with Gasteiger partial charge in [0.05, 0.1) is 18.7 Å². The molecule has 0 atom stereocenters. The van der Waals surface area contributed by atoms with Crippen LogP contribution in [0.2, 0.25) is 0 Å². The van der Waals surface area contributed by atoms with E-state index in [0.717, 1.165) is 31.4 Å². The summed E-state index contributed by atoms with van der Waals surface area (Å²) in [6, 6.07) is 4.20. The number of halogens is 3. The van der Waals surface area contributed by atoms with Crippen molar-refractivity contribution in [1.29, 1.82) is 0 Å². The number of alkyl halides is 3. The first kappa shape index (κ1) is 23.6. The number of anilines is 1. The van der Waals surface area contributed by atoms with Gasteiger partial charge in [0.1, 0.15) is 6.61 Å². The van der Waals surface area contributed by atoms with Gasteiger partial charge in [-0.15, -0.1) is 0 Å². The van der Waals surface area contributed by atoms with Gasteiger partial charge in [0, 0.05) is 5.69 Å². The quantitative estimate of drug-likeness (QED) is 0.488. The van der Waals surface area contributed by atoms with Crippen LogP contribution in [0.4, 0.5) is 28.4 Å². The van der Waals surface area contributed by atoms with E-state index in [4.69, 9.17) is 9.47 Å². The van der Waals surface area contributed by atoms with Crippen molar-refractivity contribution in [1.82, 2.24) is 5.32 Å². The minimum Gasteiger partial charge on any atom is -0.450 e. The summed E-state index contributed by atoms with van der Waals surface area (Å²) < 4.78 is 47.6. The van der Waals surface area contributed by atoms with Crippen LogP contribution >= 0.6 is 0 Å². The predicted octanol–water partition coefficient (Wildman–Crippen LogP) is 5.34. The molecule has 9 heteroatoms. The van der Waals surface area contributed by atoms with Crippen LogP contribution in [0, 0.1) is 0 Å². The summed E-state index contributed by atoms with van der Waals surface area (Å²) in [5, 5.41) is 4.63. The van der Waals surface area contributed by atoms with Gasteiger partial charge in [0.2, 0.25) is 0 Å². The van der Waals surface area contributed by atoms with Gasteiger partial charge < -0.3 is 14.8 Å². The van der Waals surface area contributed by atoms with E-state index >= 15 is 0 Å². The van der Waals surface area contributed by atoms with Gasteiger partial charge in [-0.3, -0.25) is 5.32 Å². The number of carbonyl (C=O) groups excluding carboxylic acids is 2. The van der Waals surface area contributed by atoms with E-state index in [2.05, 4.69) is 17.6 Å². The summed E-state index contributed by atoms with van der Waals surface area (Å²) in [5.41, 5.74) is -0.911. The van der Waals surface area contributed by atoms with Gasteiger partial charge in [-0.2, -0.15) is 13.2 Å². The van der Waals surface area contributed by atoms with Gasteiger partial charge in [-0.25, -0.2) is 9.59 Å². The minimum atomic E-state index is -4.50. The Morgan fingerprint density at radius 3 is 2.36 bits per heavy atom. The van der Waals surface area contributed by atoms with E-state index < -0.39 is 23.9 Å². The molecular weight excluding hydrogens is 377 g/mol.